The number of halogens is 1. The van der Waals surface area contributed by atoms with E-state index in [4.69, 9.17) is 4.74 Å². The molecule has 1 aliphatic rings. The molecule has 1 aliphatic heterocycles. The molecule has 0 saturated carbocycles. The summed E-state index contributed by atoms with van der Waals surface area (Å²) in [7, 11) is 1.57. The summed E-state index contributed by atoms with van der Waals surface area (Å²) in [6.45, 7) is 7.73. The SMILES string of the molecule is CCCCN(CCCC)CCCN1C(=O)C(=O)C(=C(O)c2ccc(Br)cc2)[C@@H]1c1ccccc1OC. The number of ketones is 1. The van der Waals surface area contributed by atoms with Crippen LogP contribution in [0, 0.1) is 0 Å². The fourth-order valence-corrected chi connectivity index (χ4v) is 4.92. The molecule has 194 valence electrons. The lowest BCUT2D eigenvalue weighted by Gasteiger charge is -2.28. The fourth-order valence-electron chi connectivity index (χ4n) is 4.65. The average Bonchev–Trinajstić information content (AvgIpc) is 3.14. The van der Waals surface area contributed by atoms with Crippen molar-refractivity contribution in [2.45, 2.75) is 52.0 Å². The van der Waals surface area contributed by atoms with Crippen LogP contribution in [-0.4, -0.2) is 59.9 Å². The van der Waals surface area contributed by atoms with Crippen LogP contribution in [0.25, 0.3) is 5.76 Å². The molecule has 0 unspecified atom stereocenters. The van der Waals surface area contributed by atoms with Crippen molar-refractivity contribution < 1.29 is 19.4 Å². The minimum Gasteiger partial charge on any atom is -0.507 e. The maximum atomic E-state index is 13.3. The number of amides is 1. The Morgan fingerprint density at radius 1 is 0.972 bits per heavy atom. The molecule has 7 heteroatoms. The van der Waals surface area contributed by atoms with Gasteiger partial charge in [-0.25, -0.2) is 0 Å². The molecule has 0 aliphatic carbocycles. The van der Waals surface area contributed by atoms with Crippen molar-refractivity contribution in [3.63, 3.8) is 0 Å². The molecule has 0 aromatic heterocycles. The van der Waals surface area contributed by atoms with Crippen molar-refractivity contribution in [2.24, 2.45) is 0 Å². The Kier molecular flexibility index (Phi) is 10.6. The summed E-state index contributed by atoms with van der Waals surface area (Å²) in [6, 6.07) is 13.7. The van der Waals surface area contributed by atoms with Gasteiger partial charge in [0.15, 0.2) is 0 Å². The lowest BCUT2D eigenvalue weighted by molar-refractivity contribution is -0.140. The maximum absolute atomic E-state index is 13.3. The second-order valence-electron chi connectivity index (χ2n) is 9.14. The van der Waals surface area contributed by atoms with Gasteiger partial charge in [0.1, 0.15) is 11.5 Å². The van der Waals surface area contributed by atoms with Gasteiger partial charge >= 0.3 is 0 Å². The molecule has 1 fully saturated rings. The van der Waals surface area contributed by atoms with Crippen LogP contribution in [0.2, 0.25) is 0 Å². The number of nitrogens with zero attached hydrogens (tertiary/aromatic N) is 2. The molecule has 0 spiro atoms. The first-order valence-electron chi connectivity index (χ1n) is 12.8. The third kappa shape index (κ3) is 6.56. The molecule has 3 rings (SSSR count). The van der Waals surface area contributed by atoms with E-state index in [0.717, 1.165) is 56.2 Å². The Labute approximate surface area is 223 Å². The van der Waals surface area contributed by atoms with E-state index < -0.39 is 17.7 Å². The van der Waals surface area contributed by atoms with E-state index >= 15 is 0 Å². The first-order chi connectivity index (χ1) is 17.4. The van der Waals surface area contributed by atoms with Gasteiger partial charge in [-0.15, -0.1) is 0 Å². The largest absolute Gasteiger partial charge is 0.507 e. The Morgan fingerprint density at radius 3 is 2.19 bits per heavy atom. The van der Waals surface area contributed by atoms with E-state index in [1.54, 1.807) is 36.3 Å². The number of rotatable bonds is 13. The first-order valence-corrected chi connectivity index (χ1v) is 13.6. The van der Waals surface area contributed by atoms with Gasteiger partial charge in [-0.1, -0.05) is 73.0 Å². The minimum atomic E-state index is -0.718. The lowest BCUT2D eigenvalue weighted by Crippen LogP contribution is -2.34. The Bertz CT molecular complexity index is 1060. The number of unbranched alkanes of at least 4 members (excludes halogenated alkanes) is 2. The van der Waals surface area contributed by atoms with Crippen molar-refractivity contribution in [3.8, 4) is 5.75 Å². The molecular formula is C29H37BrN2O4. The van der Waals surface area contributed by atoms with E-state index in [0.29, 0.717) is 23.4 Å². The monoisotopic (exact) mass is 556 g/mol. The number of benzene rings is 2. The highest BCUT2D eigenvalue weighted by Gasteiger charge is 2.46. The number of aliphatic hydroxyl groups is 1. The number of ether oxygens (including phenoxy) is 1. The first kappa shape index (κ1) is 27.9. The van der Waals surface area contributed by atoms with E-state index in [2.05, 4.69) is 34.7 Å². The third-order valence-corrected chi connectivity index (χ3v) is 7.15. The van der Waals surface area contributed by atoms with Gasteiger partial charge in [0.25, 0.3) is 11.7 Å². The van der Waals surface area contributed by atoms with Crippen LogP contribution in [0.15, 0.2) is 58.6 Å². The zero-order valence-corrected chi connectivity index (χ0v) is 23.1. The Balaban J connectivity index is 1.95. The molecule has 1 N–H and O–H groups in total. The average molecular weight is 558 g/mol. The summed E-state index contributed by atoms with van der Waals surface area (Å²) in [6.07, 6.45) is 5.30. The standard InChI is InChI=1S/C29H37BrN2O4/c1-4-6-17-31(18-7-5-2)19-10-20-32-26(23-11-8-9-12-24(23)36-3)25(28(34)29(32)35)27(33)21-13-15-22(30)16-14-21/h8-9,11-16,26,33H,4-7,10,17-20H2,1-3H3/t26-/m0/s1. The number of likely N-dealkylation sites (tertiary alicyclic amines) is 1. The highest BCUT2D eigenvalue weighted by molar-refractivity contribution is 9.10. The van der Waals surface area contributed by atoms with Gasteiger partial charge < -0.3 is 19.6 Å². The van der Waals surface area contributed by atoms with Crippen LogP contribution >= 0.6 is 15.9 Å². The fraction of sp³-hybridized carbons (Fsp3) is 0.448. The topological polar surface area (TPSA) is 70.1 Å². The van der Waals surface area contributed by atoms with E-state index in [-0.39, 0.29) is 11.3 Å². The zero-order valence-electron chi connectivity index (χ0n) is 21.5. The Morgan fingerprint density at radius 2 is 1.58 bits per heavy atom. The van der Waals surface area contributed by atoms with Crippen LogP contribution < -0.4 is 4.74 Å². The summed E-state index contributed by atoms with van der Waals surface area (Å²) in [4.78, 5) is 30.6. The molecule has 6 nitrogen and oxygen atoms in total. The molecule has 1 amide bonds. The van der Waals surface area contributed by atoms with Crippen LogP contribution in [0.5, 0.6) is 5.75 Å². The molecule has 0 bridgehead atoms. The van der Waals surface area contributed by atoms with Crippen molar-refractivity contribution in [1.82, 2.24) is 9.80 Å². The highest BCUT2D eigenvalue weighted by Crippen LogP contribution is 2.42. The van der Waals surface area contributed by atoms with Gasteiger partial charge in [-0.3, -0.25) is 9.59 Å². The third-order valence-electron chi connectivity index (χ3n) is 6.62. The normalized spacial score (nSPS) is 17.2. The lowest BCUT2D eigenvalue weighted by atomic mass is 9.94. The molecule has 2 aromatic rings. The van der Waals surface area contributed by atoms with Gasteiger partial charge in [0, 0.05) is 22.1 Å². The van der Waals surface area contributed by atoms with Crippen molar-refractivity contribution >= 4 is 33.4 Å². The molecule has 1 saturated heterocycles. The van der Waals surface area contributed by atoms with E-state index in [1.165, 1.54) is 0 Å². The second kappa shape index (κ2) is 13.6. The molecule has 36 heavy (non-hydrogen) atoms. The summed E-state index contributed by atoms with van der Waals surface area (Å²) in [5.41, 5.74) is 1.27. The van der Waals surface area contributed by atoms with Gasteiger partial charge in [-0.05, 0) is 57.1 Å². The van der Waals surface area contributed by atoms with Crippen LogP contribution in [0.1, 0.15) is 63.1 Å². The van der Waals surface area contributed by atoms with Gasteiger partial charge in [0.2, 0.25) is 0 Å². The summed E-state index contributed by atoms with van der Waals surface area (Å²) in [5, 5.41) is 11.2. The number of aliphatic hydroxyl groups excluding tert-OH is 1. The van der Waals surface area contributed by atoms with Crippen molar-refractivity contribution in [3.05, 3.63) is 69.7 Å². The molecule has 1 heterocycles. The highest BCUT2D eigenvalue weighted by atomic mass is 79.9. The van der Waals surface area contributed by atoms with Crippen molar-refractivity contribution in [1.29, 1.82) is 0 Å². The molecule has 2 aromatic carbocycles. The number of para-hydroxylation sites is 1. The number of hydrogen-bond donors (Lipinski definition) is 1. The molecular weight excluding hydrogens is 520 g/mol. The van der Waals surface area contributed by atoms with Crippen LogP contribution in [0.3, 0.4) is 0 Å². The van der Waals surface area contributed by atoms with E-state index in [1.807, 2.05) is 24.3 Å². The smallest absolute Gasteiger partial charge is 0.295 e. The second-order valence-corrected chi connectivity index (χ2v) is 10.1. The zero-order chi connectivity index (χ0) is 26.1. The Hall–Kier alpha value is -2.64. The summed E-state index contributed by atoms with van der Waals surface area (Å²) < 4.78 is 6.45. The molecule has 0 radical (unpaired) electrons. The van der Waals surface area contributed by atoms with Gasteiger partial charge in [-0.2, -0.15) is 0 Å². The number of carbonyl (C=O) groups excluding carboxylic acids is 2. The summed E-state index contributed by atoms with van der Waals surface area (Å²) in [5.74, 6) is -0.853. The summed E-state index contributed by atoms with van der Waals surface area (Å²) >= 11 is 3.40. The quantitative estimate of drug-likeness (QED) is 0.181. The number of carbonyl (C=O) groups is 2. The number of Topliss-reactive ketones (excluding diaryl/α,β-unsaturated/α-hetero) is 1. The van der Waals surface area contributed by atoms with Crippen molar-refractivity contribution in [2.75, 3.05) is 33.3 Å². The molecule has 1 atom stereocenters. The van der Waals surface area contributed by atoms with Crippen LogP contribution in [0.4, 0.5) is 0 Å². The number of hydrogen-bond acceptors (Lipinski definition) is 5. The predicted octanol–water partition coefficient (Wildman–Crippen LogP) is 6.17. The number of methoxy groups -OCH3 is 1. The minimum absolute atomic E-state index is 0.0978. The predicted molar refractivity (Wildman–Crippen MR) is 147 cm³/mol. The maximum Gasteiger partial charge on any atom is 0.295 e. The van der Waals surface area contributed by atoms with Crippen LogP contribution in [-0.2, 0) is 9.59 Å². The van der Waals surface area contributed by atoms with Gasteiger partial charge in [0.05, 0.1) is 18.7 Å². The van der Waals surface area contributed by atoms with E-state index in [9.17, 15) is 14.7 Å².